The molecule has 0 aliphatic carbocycles. The normalized spacial score (nSPS) is 25.3. The van der Waals surface area contributed by atoms with Crippen LogP contribution in [0.15, 0.2) is 18.5 Å². The molecule has 0 spiro atoms. The first-order valence-corrected chi connectivity index (χ1v) is 7.25. The summed E-state index contributed by atoms with van der Waals surface area (Å²) in [7, 11) is 0. The Balaban J connectivity index is 1.79. The van der Waals surface area contributed by atoms with E-state index < -0.39 is 12.0 Å². The highest BCUT2D eigenvalue weighted by molar-refractivity contribution is 5.89. The summed E-state index contributed by atoms with van der Waals surface area (Å²) in [4.78, 5) is 35.8. The predicted octanol–water partition coefficient (Wildman–Crippen LogP) is 0.521. The van der Waals surface area contributed by atoms with Gasteiger partial charge < -0.3 is 14.9 Å². The Morgan fingerprint density at radius 2 is 1.76 bits per heavy atom. The second-order valence-electron chi connectivity index (χ2n) is 5.43. The van der Waals surface area contributed by atoms with Crippen LogP contribution in [0.25, 0.3) is 0 Å². The van der Waals surface area contributed by atoms with Crippen molar-refractivity contribution in [3.8, 4) is 0 Å². The zero-order valence-corrected chi connectivity index (χ0v) is 11.7. The number of amides is 1. The Hall–Kier alpha value is -2.18. The molecule has 7 heteroatoms. The summed E-state index contributed by atoms with van der Waals surface area (Å²) < 4.78 is 0. The van der Waals surface area contributed by atoms with E-state index in [2.05, 4.69) is 9.97 Å². The van der Waals surface area contributed by atoms with Gasteiger partial charge in [-0.1, -0.05) is 0 Å². The molecule has 1 aromatic rings. The SMILES string of the molecule is O=C(O)[C@H]1CCCN1C(=O)C1CCCN1c1ncccn1. The molecule has 7 nitrogen and oxygen atoms in total. The van der Waals surface area contributed by atoms with Crippen LogP contribution in [-0.4, -0.2) is 57.0 Å². The van der Waals surface area contributed by atoms with Crippen LogP contribution in [0.5, 0.6) is 0 Å². The molecule has 1 aromatic heterocycles. The number of carbonyl (C=O) groups is 2. The average molecular weight is 290 g/mol. The molecule has 2 aliphatic heterocycles. The van der Waals surface area contributed by atoms with E-state index in [1.54, 1.807) is 18.5 Å². The van der Waals surface area contributed by atoms with Gasteiger partial charge in [0.2, 0.25) is 11.9 Å². The molecule has 1 unspecified atom stereocenters. The summed E-state index contributed by atoms with van der Waals surface area (Å²) in [5.74, 6) is -0.481. The van der Waals surface area contributed by atoms with Gasteiger partial charge in [-0.25, -0.2) is 14.8 Å². The van der Waals surface area contributed by atoms with E-state index in [4.69, 9.17) is 0 Å². The zero-order chi connectivity index (χ0) is 14.8. The lowest BCUT2D eigenvalue weighted by molar-refractivity contribution is -0.148. The van der Waals surface area contributed by atoms with Gasteiger partial charge in [-0.2, -0.15) is 0 Å². The summed E-state index contributed by atoms with van der Waals surface area (Å²) in [6, 6.07) is 0.709. The van der Waals surface area contributed by atoms with Crippen molar-refractivity contribution in [1.82, 2.24) is 14.9 Å². The predicted molar refractivity (Wildman–Crippen MR) is 74.8 cm³/mol. The standard InChI is InChI=1S/C14H18N4O3/c19-12(17-8-2-5-11(17)13(20)21)10-4-1-9-18(10)14-15-6-3-7-16-14/h3,6-7,10-11H,1-2,4-5,8-9H2,(H,20,21)/t10?,11-/m1/s1. The fourth-order valence-corrected chi connectivity index (χ4v) is 3.18. The van der Waals surface area contributed by atoms with Crippen LogP contribution in [0.1, 0.15) is 25.7 Å². The first kappa shape index (κ1) is 13.8. The Kier molecular flexibility index (Phi) is 3.72. The van der Waals surface area contributed by atoms with Crippen molar-refractivity contribution in [3.63, 3.8) is 0 Å². The number of aliphatic carboxylic acids is 1. The molecule has 112 valence electrons. The molecule has 2 saturated heterocycles. The summed E-state index contributed by atoms with van der Waals surface area (Å²) in [5.41, 5.74) is 0. The van der Waals surface area contributed by atoms with Gasteiger partial charge in [-0.3, -0.25) is 4.79 Å². The molecule has 21 heavy (non-hydrogen) atoms. The summed E-state index contributed by atoms with van der Waals surface area (Å²) in [6.07, 6.45) is 6.20. The van der Waals surface area contributed by atoms with E-state index in [0.29, 0.717) is 18.9 Å². The Morgan fingerprint density at radius 3 is 2.48 bits per heavy atom. The van der Waals surface area contributed by atoms with Gasteiger partial charge in [0.15, 0.2) is 0 Å². The molecule has 0 radical (unpaired) electrons. The third-order valence-corrected chi connectivity index (χ3v) is 4.17. The summed E-state index contributed by atoms with van der Waals surface area (Å²) in [5, 5.41) is 9.23. The van der Waals surface area contributed by atoms with Gasteiger partial charge in [0.05, 0.1) is 0 Å². The lowest BCUT2D eigenvalue weighted by Crippen LogP contribution is -2.50. The first-order valence-electron chi connectivity index (χ1n) is 7.25. The van der Waals surface area contributed by atoms with Crippen molar-refractivity contribution in [2.45, 2.75) is 37.8 Å². The fourth-order valence-electron chi connectivity index (χ4n) is 3.18. The molecule has 2 aliphatic rings. The van der Waals surface area contributed by atoms with Gasteiger partial charge in [0, 0.05) is 25.5 Å². The highest BCUT2D eigenvalue weighted by Gasteiger charge is 2.41. The highest BCUT2D eigenvalue weighted by Crippen LogP contribution is 2.27. The van der Waals surface area contributed by atoms with E-state index in [1.165, 1.54) is 4.90 Å². The number of hydrogen-bond donors (Lipinski definition) is 1. The molecular weight excluding hydrogens is 272 g/mol. The maximum atomic E-state index is 12.7. The smallest absolute Gasteiger partial charge is 0.326 e. The van der Waals surface area contributed by atoms with Crippen LogP contribution < -0.4 is 4.90 Å². The Labute approximate surface area is 122 Å². The topological polar surface area (TPSA) is 86.6 Å². The number of likely N-dealkylation sites (tertiary alicyclic amines) is 1. The third kappa shape index (κ3) is 2.55. The Morgan fingerprint density at radius 1 is 1.10 bits per heavy atom. The molecule has 3 rings (SSSR count). The molecule has 0 aromatic carbocycles. The van der Waals surface area contributed by atoms with Gasteiger partial charge in [-0.15, -0.1) is 0 Å². The lowest BCUT2D eigenvalue weighted by Gasteiger charge is -2.29. The van der Waals surface area contributed by atoms with E-state index in [1.807, 2.05) is 4.90 Å². The maximum Gasteiger partial charge on any atom is 0.326 e. The van der Waals surface area contributed by atoms with Gasteiger partial charge >= 0.3 is 5.97 Å². The second-order valence-corrected chi connectivity index (χ2v) is 5.43. The van der Waals surface area contributed by atoms with Crippen molar-refractivity contribution < 1.29 is 14.7 Å². The monoisotopic (exact) mass is 290 g/mol. The van der Waals surface area contributed by atoms with Crippen LogP contribution in [0.4, 0.5) is 5.95 Å². The van der Waals surface area contributed by atoms with Crippen molar-refractivity contribution in [2.75, 3.05) is 18.0 Å². The van der Waals surface area contributed by atoms with E-state index in [9.17, 15) is 14.7 Å². The van der Waals surface area contributed by atoms with Crippen LogP contribution in [0, 0.1) is 0 Å². The molecular formula is C14H18N4O3. The fraction of sp³-hybridized carbons (Fsp3) is 0.571. The van der Waals surface area contributed by atoms with Gasteiger partial charge in [0.25, 0.3) is 0 Å². The number of carboxylic acid groups (broad SMARTS) is 1. The number of rotatable bonds is 3. The van der Waals surface area contributed by atoms with Crippen molar-refractivity contribution in [2.24, 2.45) is 0 Å². The van der Waals surface area contributed by atoms with Crippen LogP contribution in [-0.2, 0) is 9.59 Å². The minimum absolute atomic E-state index is 0.107. The maximum absolute atomic E-state index is 12.7. The molecule has 0 bridgehead atoms. The molecule has 2 fully saturated rings. The number of hydrogen-bond acceptors (Lipinski definition) is 5. The zero-order valence-electron chi connectivity index (χ0n) is 11.7. The van der Waals surface area contributed by atoms with Crippen LogP contribution in [0.3, 0.4) is 0 Å². The van der Waals surface area contributed by atoms with Crippen molar-refractivity contribution in [1.29, 1.82) is 0 Å². The summed E-state index contributed by atoms with van der Waals surface area (Å²) >= 11 is 0. The summed E-state index contributed by atoms with van der Waals surface area (Å²) in [6.45, 7) is 1.25. The average Bonchev–Trinajstić information content (AvgIpc) is 3.16. The van der Waals surface area contributed by atoms with E-state index in [-0.39, 0.29) is 11.9 Å². The number of nitrogens with zero attached hydrogens (tertiary/aromatic N) is 4. The van der Waals surface area contributed by atoms with Gasteiger partial charge in [0.1, 0.15) is 12.1 Å². The second kappa shape index (κ2) is 5.67. The van der Waals surface area contributed by atoms with E-state index in [0.717, 1.165) is 25.8 Å². The van der Waals surface area contributed by atoms with Crippen LogP contribution in [0.2, 0.25) is 0 Å². The number of anilines is 1. The first-order chi connectivity index (χ1) is 10.2. The molecule has 2 atom stereocenters. The van der Waals surface area contributed by atoms with E-state index >= 15 is 0 Å². The van der Waals surface area contributed by atoms with Crippen molar-refractivity contribution in [3.05, 3.63) is 18.5 Å². The number of carbonyl (C=O) groups excluding carboxylic acids is 1. The molecule has 0 saturated carbocycles. The van der Waals surface area contributed by atoms with Gasteiger partial charge in [-0.05, 0) is 31.7 Å². The Bertz CT molecular complexity index is 536. The number of carboxylic acids is 1. The van der Waals surface area contributed by atoms with Crippen LogP contribution >= 0.6 is 0 Å². The minimum Gasteiger partial charge on any atom is -0.480 e. The molecule has 3 heterocycles. The largest absolute Gasteiger partial charge is 0.480 e. The number of aromatic nitrogens is 2. The molecule has 1 amide bonds. The minimum atomic E-state index is -0.915. The lowest BCUT2D eigenvalue weighted by atomic mass is 10.1. The highest BCUT2D eigenvalue weighted by atomic mass is 16.4. The molecule has 1 N–H and O–H groups in total. The quantitative estimate of drug-likeness (QED) is 0.873. The van der Waals surface area contributed by atoms with Crippen molar-refractivity contribution >= 4 is 17.8 Å². The third-order valence-electron chi connectivity index (χ3n) is 4.17.